The number of hydrogen-bond donors (Lipinski definition) is 3. The third-order valence-corrected chi connectivity index (χ3v) is 3.36. The minimum Gasteiger partial charge on any atom is -0.497 e. The molecule has 1 rings (SSSR count). The van der Waals surface area contributed by atoms with Crippen LogP contribution in [-0.4, -0.2) is 58.1 Å². The number of nitrogens with one attached hydrogen (secondary N) is 2. The topological polar surface area (TPSA) is 84.3 Å². The first-order valence-corrected chi connectivity index (χ1v) is 7.99. The number of aliphatic imine (C=N–C) groups is 1. The summed E-state index contributed by atoms with van der Waals surface area (Å²) in [6.07, 6.45) is -0.803. The van der Waals surface area contributed by atoms with Crippen molar-refractivity contribution in [2.75, 3.05) is 41.0 Å². The van der Waals surface area contributed by atoms with Crippen LogP contribution in [0.25, 0.3) is 0 Å². The van der Waals surface area contributed by atoms with Crippen LogP contribution in [0, 0.1) is 0 Å². The van der Waals surface area contributed by atoms with Crippen LogP contribution in [0.5, 0.6) is 11.5 Å². The van der Waals surface area contributed by atoms with Crippen molar-refractivity contribution in [2.45, 2.75) is 26.0 Å². The Morgan fingerprint density at radius 1 is 1.25 bits per heavy atom. The zero-order chi connectivity index (χ0) is 17.9. The Morgan fingerprint density at radius 3 is 2.58 bits per heavy atom. The maximum Gasteiger partial charge on any atom is 0.191 e. The molecule has 0 saturated carbocycles. The lowest BCUT2D eigenvalue weighted by Crippen LogP contribution is -2.44. The first-order chi connectivity index (χ1) is 11.5. The summed E-state index contributed by atoms with van der Waals surface area (Å²) in [5.74, 6) is 1.89. The number of ether oxygens (including phenoxy) is 3. The van der Waals surface area contributed by atoms with Gasteiger partial charge in [-0.1, -0.05) is 0 Å². The summed E-state index contributed by atoms with van der Waals surface area (Å²) in [4.78, 5) is 4.44. The van der Waals surface area contributed by atoms with Gasteiger partial charge in [-0.05, 0) is 32.0 Å². The van der Waals surface area contributed by atoms with Crippen LogP contribution in [0.4, 0.5) is 0 Å². The van der Waals surface area contributed by atoms with E-state index in [9.17, 15) is 5.11 Å². The van der Waals surface area contributed by atoms with Gasteiger partial charge in [-0.2, -0.15) is 0 Å². The number of guanidine groups is 1. The highest BCUT2D eigenvalue weighted by atomic mass is 16.5. The number of rotatable bonds is 9. The summed E-state index contributed by atoms with van der Waals surface area (Å²) >= 11 is 0. The molecule has 7 heteroatoms. The average Bonchev–Trinajstić information content (AvgIpc) is 2.59. The number of hydrogen-bond acceptors (Lipinski definition) is 5. The van der Waals surface area contributed by atoms with Crippen LogP contribution in [-0.2, 0) is 4.74 Å². The smallest absolute Gasteiger partial charge is 0.191 e. The average molecular weight is 339 g/mol. The molecule has 136 valence electrons. The van der Waals surface area contributed by atoms with Gasteiger partial charge in [0.25, 0.3) is 0 Å². The Bertz CT molecular complexity index is 523. The van der Waals surface area contributed by atoms with Crippen LogP contribution < -0.4 is 20.1 Å². The molecular formula is C17H29N3O4. The molecule has 24 heavy (non-hydrogen) atoms. The monoisotopic (exact) mass is 339 g/mol. The second-order valence-electron chi connectivity index (χ2n) is 5.34. The zero-order valence-corrected chi connectivity index (χ0v) is 15.1. The summed E-state index contributed by atoms with van der Waals surface area (Å²) in [5, 5.41) is 16.9. The van der Waals surface area contributed by atoms with E-state index in [1.165, 1.54) is 0 Å². The highest BCUT2D eigenvalue weighted by Crippen LogP contribution is 2.29. The van der Waals surface area contributed by atoms with E-state index < -0.39 is 6.10 Å². The highest BCUT2D eigenvalue weighted by Gasteiger charge is 2.15. The molecule has 0 bridgehead atoms. The van der Waals surface area contributed by atoms with Crippen molar-refractivity contribution in [1.82, 2.24) is 10.6 Å². The Morgan fingerprint density at radius 2 is 2.00 bits per heavy atom. The normalized spacial score (nSPS) is 14.0. The molecule has 0 fully saturated rings. The number of aliphatic hydroxyl groups excluding tert-OH is 1. The molecule has 0 saturated heterocycles. The van der Waals surface area contributed by atoms with Gasteiger partial charge in [0.2, 0.25) is 0 Å². The predicted molar refractivity (Wildman–Crippen MR) is 95.0 cm³/mol. The second-order valence-corrected chi connectivity index (χ2v) is 5.34. The highest BCUT2D eigenvalue weighted by molar-refractivity contribution is 5.80. The third kappa shape index (κ3) is 6.25. The first kappa shape index (κ1) is 20.1. The number of aliphatic hydroxyl groups is 1. The molecule has 0 aromatic heterocycles. The van der Waals surface area contributed by atoms with E-state index in [0.717, 1.165) is 6.54 Å². The minimum atomic E-state index is -0.803. The molecule has 0 amide bonds. The van der Waals surface area contributed by atoms with Gasteiger partial charge in [-0.3, -0.25) is 4.99 Å². The van der Waals surface area contributed by atoms with Crippen molar-refractivity contribution in [1.29, 1.82) is 0 Å². The predicted octanol–water partition coefficient (Wildman–Crippen LogP) is 1.33. The number of methoxy groups -OCH3 is 3. The molecule has 0 aliphatic heterocycles. The van der Waals surface area contributed by atoms with Crippen LogP contribution in [0.1, 0.15) is 25.5 Å². The van der Waals surface area contributed by atoms with Gasteiger partial charge in [-0.25, -0.2) is 0 Å². The summed E-state index contributed by atoms with van der Waals surface area (Å²) in [6.45, 7) is 5.47. The molecule has 0 spiro atoms. The minimum absolute atomic E-state index is 0.108. The summed E-state index contributed by atoms with van der Waals surface area (Å²) in [5.41, 5.74) is 0.640. The summed E-state index contributed by atoms with van der Waals surface area (Å²) < 4.78 is 15.6. The summed E-state index contributed by atoms with van der Waals surface area (Å²) in [6, 6.07) is 5.42. The molecule has 7 nitrogen and oxygen atoms in total. The van der Waals surface area contributed by atoms with Gasteiger partial charge < -0.3 is 30.0 Å². The van der Waals surface area contributed by atoms with Crippen LogP contribution >= 0.6 is 0 Å². The lowest BCUT2D eigenvalue weighted by Gasteiger charge is -2.18. The van der Waals surface area contributed by atoms with E-state index in [4.69, 9.17) is 14.2 Å². The molecular weight excluding hydrogens is 310 g/mol. The fourth-order valence-corrected chi connectivity index (χ4v) is 2.22. The quantitative estimate of drug-likeness (QED) is 0.465. The van der Waals surface area contributed by atoms with Crippen molar-refractivity contribution in [3.05, 3.63) is 23.8 Å². The lowest BCUT2D eigenvalue weighted by atomic mass is 10.1. The standard InChI is InChI=1S/C17H29N3O4/c1-6-18-17(20-12(2)11-22-3)19-10-15(21)14-9-13(23-4)7-8-16(14)24-5/h7-9,12,15,21H,6,10-11H2,1-5H3,(H2,18,19,20). The molecule has 0 radical (unpaired) electrons. The maximum absolute atomic E-state index is 10.5. The van der Waals surface area contributed by atoms with Crippen molar-refractivity contribution in [3.63, 3.8) is 0 Å². The molecule has 0 aliphatic rings. The van der Waals surface area contributed by atoms with Crippen LogP contribution in [0.15, 0.2) is 23.2 Å². The fraction of sp³-hybridized carbons (Fsp3) is 0.588. The first-order valence-electron chi connectivity index (χ1n) is 7.99. The number of benzene rings is 1. The van der Waals surface area contributed by atoms with Gasteiger partial charge in [0.05, 0.1) is 27.4 Å². The van der Waals surface area contributed by atoms with E-state index in [-0.39, 0.29) is 12.6 Å². The molecule has 1 aromatic carbocycles. The molecule has 3 N–H and O–H groups in total. The van der Waals surface area contributed by atoms with Crippen LogP contribution in [0.3, 0.4) is 0 Å². The van der Waals surface area contributed by atoms with E-state index in [1.807, 2.05) is 13.8 Å². The Labute approximate surface area is 144 Å². The lowest BCUT2D eigenvalue weighted by molar-refractivity contribution is 0.177. The zero-order valence-electron chi connectivity index (χ0n) is 15.1. The fourth-order valence-electron chi connectivity index (χ4n) is 2.22. The Kier molecular flexibility index (Phi) is 8.96. The van der Waals surface area contributed by atoms with E-state index in [1.54, 1.807) is 39.5 Å². The summed E-state index contributed by atoms with van der Waals surface area (Å²) in [7, 11) is 4.81. The van der Waals surface area contributed by atoms with Gasteiger partial charge in [-0.15, -0.1) is 0 Å². The van der Waals surface area contributed by atoms with Gasteiger partial charge >= 0.3 is 0 Å². The Hall–Kier alpha value is -1.99. The third-order valence-electron chi connectivity index (χ3n) is 3.36. The SMILES string of the molecule is CCNC(=NCC(O)c1cc(OC)ccc1OC)NC(C)COC. The van der Waals surface area contributed by atoms with E-state index in [2.05, 4.69) is 15.6 Å². The largest absolute Gasteiger partial charge is 0.497 e. The van der Waals surface area contributed by atoms with Crippen molar-refractivity contribution < 1.29 is 19.3 Å². The van der Waals surface area contributed by atoms with E-state index >= 15 is 0 Å². The van der Waals surface area contributed by atoms with E-state index in [0.29, 0.717) is 29.6 Å². The van der Waals surface area contributed by atoms with Crippen LogP contribution in [0.2, 0.25) is 0 Å². The second kappa shape index (κ2) is 10.7. The Balaban J connectivity index is 2.84. The van der Waals surface area contributed by atoms with Gasteiger partial charge in [0.1, 0.15) is 17.6 Å². The van der Waals surface area contributed by atoms with Crippen molar-refractivity contribution in [2.24, 2.45) is 4.99 Å². The molecule has 1 aromatic rings. The molecule has 0 aliphatic carbocycles. The molecule has 2 atom stereocenters. The molecule has 2 unspecified atom stereocenters. The van der Waals surface area contributed by atoms with Gasteiger partial charge in [0.15, 0.2) is 5.96 Å². The van der Waals surface area contributed by atoms with Gasteiger partial charge in [0, 0.05) is 25.3 Å². The maximum atomic E-state index is 10.5. The van der Waals surface area contributed by atoms with Crippen molar-refractivity contribution in [3.8, 4) is 11.5 Å². The van der Waals surface area contributed by atoms with Crippen molar-refractivity contribution >= 4 is 5.96 Å². The number of nitrogens with zero attached hydrogens (tertiary/aromatic N) is 1. The molecule has 0 heterocycles.